The molecule has 0 N–H and O–H groups in total. The maximum atomic E-state index is 13.4. The first-order valence-electron chi connectivity index (χ1n) is 4.53. The zero-order chi connectivity index (χ0) is 8.61. The molecular formula is C9H11BrF2. The molecule has 0 radical (unpaired) electrons. The van der Waals surface area contributed by atoms with Crippen LogP contribution >= 0.6 is 15.9 Å². The van der Waals surface area contributed by atoms with Crippen LogP contribution in [0.1, 0.15) is 25.7 Å². The number of alkyl halides is 3. The molecule has 0 nitrogen and oxygen atoms in total. The largest absolute Gasteiger partial charge is 0.260 e. The van der Waals surface area contributed by atoms with Gasteiger partial charge in [0.1, 0.15) is 0 Å². The van der Waals surface area contributed by atoms with Crippen LogP contribution in [0.25, 0.3) is 0 Å². The van der Waals surface area contributed by atoms with Gasteiger partial charge in [0.2, 0.25) is 0 Å². The highest BCUT2D eigenvalue weighted by Crippen LogP contribution is 2.93. The number of hydrogen-bond donors (Lipinski definition) is 0. The summed E-state index contributed by atoms with van der Waals surface area (Å²) in [5.74, 6) is -1.77. The van der Waals surface area contributed by atoms with Crippen LogP contribution in [0, 0.1) is 16.7 Å². The minimum absolute atomic E-state index is 0.487. The molecule has 0 saturated heterocycles. The molecule has 3 aliphatic carbocycles. The minimum Gasteiger partial charge on any atom is -0.206 e. The fraction of sp³-hybridized carbons (Fsp3) is 1.00. The highest BCUT2D eigenvalue weighted by molar-refractivity contribution is 9.09. The fourth-order valence-electron chi connectivity index (χ4n) is 3.34. The maximum absolute atomic E-state index is 13.4. The highest BCUT2D eigenvalue weighted by atomic mass is 79.9. The van der Waals surface area contributed by atoms with Crippen molar-refractivity contribution in [2.75, 3.05) is 5.33 Å². The van der Waals surface area contributed by atoms with Crippen molar-refractivity contribution in [1.82, 2.24) is 0 Å². The van der Waals surface area contributed by atoms with Crippen LogP contribution in [-0.4, -0.2) is 11.3 Å². The van der Waals surface area contributed by atoms with E-state index in [0.29, 0.717) is 5.92 Å². The molecule has 0 heterocycles. The molecule has 68 valence electrons. The Bertz CT molecular complexity index is 233. The highest BCUT2D eigenvalue weighted by Gasteiger charge is 2.97. The Labute approximate surface area is 78.8 Å². The van der Waals surface area contributed by atoms with E-state index in [9.17, 15) is 8.78 Å². The molecule has 0 aliphatic heterocycles. The number of hydrogen-bond acceptors (Lipinski definition) is 0. The van der Waals surface area contributed by atoms with Crippen molar-refractivity contribution < 1.29 is 8.78 Å². The summed E-state index contributed by atoms with van der Waals surface area (Å²) >= 11 is 3.36. The molecule has 3 rings (SSSR count). The second-order valence-electron chi connectivity index (χ2n) is 4.67. The normalized spacial score (nSPS) is 50.8. The Morgan fingerprint density at radius 3 is 2.08 bits per heavy atom. The molecular weight excluding hydrogens is 226 g/mol. The topological polar surface area (TPSA) is 0 Å². The Morgan fingerprint density at radius 2 is 1.75 bits per heavy atom. The summed E-state index contributed by atoms with van der Waals surface area (Å²) in [5.41, 5.74) is -1.00. The van der Waals surface area contributed by atoms with Gasteiger partial charge in [0.15, 0.2) is 0 Å². The SMILES string of the molecule is FC1(F)C2(CC2)C12CC(CBr)C2. The van der Waals surface area contributed by atoms with Crippen molar-refractivity contribution in [3.63, 3.8) is 0 Å². The quantitative estimate of drug-likeness (QED) is 0.614. The van der Waals surface area contributed by atoms with Gasteiger partial charge < -0.3 is 0 Å². The van der Waals surface area contributed by atoms with Gasteiger partial charge in [-0.25, -0.2) is 8.78 Å². The summed E-state index contributed by atoms with van der Waals surface area (Å²) in [4.78, 5) is 0. The second-order valence-corrected chi connectivity index (χ2v) is 5.31. The summed E-state index contributed by atoms with van der Waals surface area (Å²) in [6.45, 7) is 0. The third-order valence-electron chi connectivity index (χ3n) is 4.30. The van der Waals surface area contributed by atoms with E-state index in [1.807, 2.05) is 0 Å². The molecule has 12 heavy (non-hydrogen) atoms. The van der Waals surface area contributed by atoms with Crippen molar-refractivity contribution in [3.8, 4) is 0 Å². The third-order valence-corrected chi connectivity index (χ3v) is 5.21. The van der Waals surface area contributed by atoms with Crippen molar-refractivity contribution >= 4 is 15.9 Å². The molecule has 2 spiro atoms. The average molecular weight is 237 g/mol. The lowest BCUT2D eigenvalue weighted by Gasteiger charge is -2.35. The van der Waals surface area contributed by atoms with E-state index >= 15 is 0 Å². The van der Waals surface area contributed by atoms with Crippen LogP contribution in [0.15, 0.2) is 0 Å². The van der Waals surface area contributed by atoms with Gasteiger partial charge >= 0.3 is 0 Å². The van der Waals surface area contributed by atoms with Crippen LogP contribution in [0.2, 0.25) is 0 Å². The first-order valence-corrected chi connectivity index (χ1v) is 5.66. The summed E-state index contributed by atoms with van der Waals surface area (Å²) in [6.07, 6.45) is 3.11. The third kappa shape index (κ3) is 0.503. The monoisotopic (exact) mass is 236 g/mol. The van der Waals surface area contributed by atoms with Crippen LogP contribution in [-0.2, 0) is 0 Å². The first kappa shape index (κ1) is 7.72. The summed E-state index contributed by atoms with van der Waals surface area (Å²) in [6, 6.07) is 0. The zero-order valence-electron chi connectivity index (χ0n) is 6.75. The molecule has 3 aliphatic rings. The van der Waals surface area contributed by atoms with E-state index < -0.39 is 16.8 Å². The van der Waals surface area contributed by atoms with Crippen LogP contribution in [0.5, 0.6) is 0 Å². The molecule has 0 unspecified atom stereocenters. The molecule has 0 aromatic carbocycles. The molecule has 3 saturated carbocycles. The summed E-state index contributed by atoms with van der Waals surface area (Å²) in [5, 5.41) is 0.904. The molecule has 0 aromatic rings. The van der Waals surface area contributed by atoms with Crippen LogP contribution in [0.3, 0.4) is 0 Å². The van der Waals surface area contributed by atoms with Crippen molar-refractivity contribution in [3.05, 3.63) is 0 Å². The lowest BCUT2D eigenvalue weighted by atomic mass is 9.70. The van der Waals surface area contributed by atoms with Crippen LogP contribution < -0.4 is 0 Å². The second kappa shape index (κ2) is 1.75. The molecule has 3 heteroatoms. The number of fused-ring (bicyclic) bond motifs is 1. The average Bonchev–Trinajstić information content (AvgIpc) is 2.72. The number of halogens is 3. The van der Waals surface area contributed by atoms with E-state index in [0.717, 1.165) is 31.0 Å². The predicted octanol–water partition coefficient (Wildman–Crippen LogP) is 3.21. The van der Waals surface area contributed by atoms with Crippen molar-refractivity contribution in [2.24, 2.45) is 16.7 Å². The molecule has 3 fully saturated rings. The lowest BCUT2D eigenvalue weighted by molar-refractivity contribution is 0.00716. The predicted molar refractivity (Wildman–Crippen MR) is 45.6 cm³/mol. The maximum Gasteiger partial charge on any atom is 0.260 e. The lowest BCUT2D eigenvalue weighted by Crippen LogP contribution is -2.31. The van der Waals surface area contributed by atoms with Crippen molar-refractivity contribution in [1.29, 1.82) is 0 Å². The van der Waals surface area contributed by atoms with Crippen molar-refractivity contribution in [2.45, 2.75) is 31.6 Å². The van der Waals surface area contributed by atoms with Gasteiger partial charge in [-0.05, 0) is 31.6 Å². The smallest absolute Gasteiger partial charge is 0.206 e. The molecule has 0 amide bonds. The van der Waals surface area contributed by atoms with Gasteiger partial charge in [0.25, 0.3) is 5.92 Å². The Balaban J connectivity index is 1.81. The van der Waals surface area contributed by atoms with Gasteiger partial charge in [-0.1, -0.05) is 15.9 Å². The standard InChI is InChI=1S/C9H11BrF2/c10-5-6-3-8(4-6)7(1-2-7)9(8,11)12/h6H,1-5H2. The Kier molecular flexibility index (Phi) is 1.12. The van der Waals surface area contributed by atoms with E-state index in [4.69, 9.17) is 0 Å². The number of rotatable bonds is 1. The Hall–Kier alpha value is 0.340. The van der Waals surface area contributed by atoms with E-state index in [2.05, 4.69) is 15.9 Å². The summed E-state index contributed by atoms with van der Waals surface area (Å²) < 4.78 is 26.7. The molecule has 0 bridgehead atoms. The summed E-state index contributed by atoms with van der Waals surface area (Å²) in [7, 11) is 0. The first-order chi connectivity index (χ1) is 5.60. The zero-order valence-corrected chi connectivity index (χ0v) is 8.33. The van der Waals surface area contributed by atoms with Gasteiger partial charge in [-0.3, -0.25) is 0 Å². The van der Waals surface area contributed by atoms with Gasteiger partial charge in [-0.2, -0.15) is 0 Å². The minimum atomic E-state index is -2.29. The fourth-order valence-corrected chi connectivity index (χ4v) is 3.80. The van der Waals surface area contributed by atoms with E-state index in [1.165, 1.54) is 0 Å². The van der Waals surface area contributed by atoms with Gasteiger partial charge in [-0.15, -0.1) is 0 Å². The molecule has 0 aromatic heterocycles. The Morgan fingerprint density at radius 1 is 1.17 bits per heavy atom. The van der Waals surface area contributed by atoms with Gasteiger partial charge in [0, 0.05) is 16.2 Å². The van der Waals surface area contributed by atoms with Crippen LogP contribution in [0.4, 0.5) is 8.78 Å². The van der Waals surface area contributed by atoms with E-state index in [1.54, 1.807) is 0 Å². The van der Waals surface area contributed by atoms with Gasteiger partial charge in [0.05, 0.1) is 0 Å². The van der Waals surface area contributed by atoms with E-state index in [-0.39, 0.29) is 0 Å². The molecule has 0 atom stereocenters.